The van der Waals surface area contributed by atoms with Crippen molar-refractivity contribution < 1.29 is 39.1 Å². The summed E-state index contributed by atoms with van der Waals surface area (Å²) in [6.07, 6.45) is 45.6. The third kappa shape index (κ3) is 18.4. The Morgan fingerprint density at radius 2 is 0.948 bits per heavy atom. The molecule has 424 valence electrons. The summed E-state index contributed by atoms with van der Waals surface area (Å²) in [6.45, 7) is 5.88. The number of carboxylic acids is 1. The molecule has 8 aliphatic rings. The number of ether oxygens (including phenoxy) is 3. The largest absolute Gasteiger partial charge is 0.493 e. The molecule has 0 amide bonds. The van der Waals surface area contributed by atoms with Gasteiger partial charge in [0.1, 0.15) is 11.5 Å². The Morgan fingerprint density at radius 3 is 1.31 bits per heavy atom. The van der Waals surface area contributed by atoms with Crippen LogP contribution in [0.3, 0.4) is 0 Å². The van der Waals surface area contributed by atoms with Crippen LogP contribution in [0.1, 0.15) is 249 Å². The average Bonchev–Trinajstić information content (AvgIpc) is 4.28. The number of benzene rings is 2. The molecule has 0 aliphatic heterocycles. The van der Waals surface area contributed by atoms with Gasteiger partial charge in [0.2, 0.25) is 0 Å². The molecule has 5 atom stereocenters. The SMILES string of the molecule is CC#C[C@@H](CC(=O)O)c1ccc(OCC2CCC3(CCCCC3)C2)cc1.CC#C[C@@H](CC(=O)OC)c1ccc(OCC2CCC3(CCCCC3)C2)cc1.OCC1=CC2(CCCCC2)CC1.OCC1CCC2(CCCCC2)C1. The highest BCUT2D eigenvalue weighted by atomic mass is 16.5. The molecule has 3 N–H and O–H groups in total. The zero-order valence-corrected chi connectivity index (χ0v) is 48.1. The van der Waals surface area contributed by atoms with Crippen LogP contribution in [0.25, 0.3) is 0 Å². The topological polar surface area (TPSA) is 123 Å². The first-order valence-corrected chi connectivity index (χ1v) is 30.9. The van der Waals surface area contributed by atoms with Crippen LogP contribution >= 0.6 is 0 Å². The molecule has 0 aromatic heterocycles. The van der Waals surface area contributed by atoms with Gasteiger partial charge in [0.25, 0.3) is 0 Å². The number of allylic oxidation sites excluding steroid dienone is 1. The van der Waals surface area contributed by atoms with Gasteiger partial charge >= 0.3 is 11.9 Å². The van der Waals surface area contributed by atoms with Crippen molar-refractivity contribution in [3.05, 3.63) is 71.3 Å². The van der Waals surface area contributed by atoms with E-state index in [0.29, 0.717) is 52.6 Å². The van der Waals surface area contributed by atoms with Crippen LogP contribution in [-0.2, 0) is 14.3 Å². The number of carbonyl (C=O) groups excluding carboxylic acids is 1. The number of carbonyl (C=O) groups is 2. The van der Waals surface area contributed by atoms with Crippen LogP contribution in [0.15, 0.2) is 60.2 Å². The number of methoxy groups -OCH3 is 1. The van der Waals surface area contributed by atoms with E-state index < -0.39 is 5.97 Å². The third-order valence-electron chi connectivity index (χ3n) is 20.1. The summed E-state index contributed by atoms with van der Waals surface area (Å²) in [7, 11) is 1.41. The Labute approximate surface area is 466 Å². The second kappa shape index (κ2) is 30.4. The fourth-order valence-electron chi connectivity index (χ4n) is 15.7. The van der Waals surface area contributed by atoms with Gasteiger partial charge in [-0.15, -0.1) is 11.8 Å². The van der Waals surface area contributed by atoms with Gasteiger partial charge in [0, 0.05) is 6.61 Å². The van der Waals surface area contributed by atoms with E-state index in [1.54, 1.807) is 13.8 Å². The van der Waals surface area contributed by atoms with Gasteiger partial charge < -0.3 is 29.5 Å². The van der Waals surface area contributed by atoms with Gasteiger partial charge in [-0.05, 0) is 216 Å². The molecule has 3 unspecified atom stereocenters. The monoisotopic (exact) mass is 1060 g/mol. The number of hydrogen-bond donors (Lipinski definition) is 3. The Bertz CT molecular complexity index is 2250. The molecule has 7 saturated carbocycles. The van der Waals surface area contributed by atoms with Crippen LogP contribution in [0.5, 0.6) is 11.5 Å². The van der Waals surface area contributed by atoms with E-state index >= 15 is 0 Å². The average molecular weight is 1060 g/mol. The summed E-state index contributed by atoms with van der Waals surface area (Å²) in [5, 5.41) is 27.1. The Balaban J connectivity index is 0.000000159. The molecule has 0 radical (unpaired) electrons. The smallest absolute Gasteiger partial charge is 0.307 e. The summed E-state index contributed by atoms with van der Waals surface area (Å²) >= 11 is 0. The number of carboxylic acid groups (broad SMARTS) is 1. The number of rotatable bonds is 14. The number of aliphatic hydroxyl groups is 2. The second-order valence-corrected chi connectivity index (χ2v) is 25.6. The quantitative estimate of drug-likeness (QED) is 0.0971. The summed E-state index contributed by atoms with van der Waals surface area (Å²) in [6, 6.07) is 15.8. The minimum absolute atomic E-state index is 0.0329. The van der Waals surface area contributed by atoms with E-state index in [-0.39, 0.29) is 30.6 Å². The van der Waals surface area contributed by atoms with Gasteiger partial charge in [-0.1, -0.05) is 119 Å². The highest BCUT2D eigenvalue weighted by Gasteiger charge is 2.42. The van der Waals surface area contributed by atoms with Crippen molar-refractivity contribution >= 4 is 11.9 Å². The van der Waals surface area contributed by atoms with E-state index in [4.69, 9.17) is 29.5 Å². The first-order valence-electron chi connectivity index (χ1n) is 30.9. The molecule has 0 heterocycles. The van der Waals surface area contributed by atoms with Gasteiger partial charge in [0.15, 0.2) is 0 Å². The van der Waals surface area contributed by atoms with Crippen molar-refractivity contribution in [3.8, 4) is 35.2 Å². The van der Waals surface area contributed by atoms with Crippen molar-refractivity contribution in [1.82, 2.24) is 0 Å². The standard InChI is InChI=1S/C24H32O3.C23H30O3.C11H20O.C11H18O/c1-3-7-21(16-23(25)26-2)20-8-10-22(11-9-20)27-18-19-12-15-24(17-19)13-5-4-6-14-24;1-2-6-20(15-22(24)25)19-7-9-21(10-8-19)26-17-18-11-14-23(16-18)12-4-3-5-13-23;2*12-9-10-4-7-11(8-10)5-2-1-3-6-11/h8-11,19,21H,4-6,12-18H2,1-2H3;7-10,18,20H,3-5,11-17H2,1H3,(H,24,25);10,12H,1-9H2;8,12H,1-7,9H2/t19?,21-;18?,20-;;/m00../s1. The summed E-state index contributed by atoms with van der Waals surface area (Å²) in [5.74, 6) is 14.2. The fraction of sp³-hybridized carbons (Fsp3) is 0.710. The predicted molar refractivity (Wildman–Crippen MR) is 311 cm³/mol. The van der Waals surface area contributed by atoms with Crippen LogP contribution in [-0.4, -0.2) is 60.8 Å². The van der Waals surface area contributed by atoms with Gasteiger partial charge in [-0.25, -0.2) is 0 Å². The van der Waals surface area contributed by atoms with Crippen molar-refractivity contribution in [2.24, 2.45) is 39.4 Å². The molecular formula is C69H100O8. The predicted octanol–water partition coefficient (Wildman–Crippen LogP) is 16.3. The molecule has 8 nitrogen and oxygen atoms in total. The van der Waals surface area contributed by atoms with Gasteiger partial charge in [-0.2, -0.15) is 0 Å². The first kappa shape index (κ1) is 60.4. The molecule has 4 spiro atoms. The Kier molecular flexibility index (Phi) is 23.8. The molecule has 7 fully saturated rings. The number of aliphatic hydroxyl groups excluding tert-OH is 2. The van der Waals surface area contributed by atoms with Crippen molar-refractivity contribution in [2.45, 2.75) is 238 Å². The van der Waals surface area contributed by atoms with Gasteiger partial charge in [-0.3, -0.25) is 9.59 Å². The third-order valence-corrected chi connectivity index (χ3v) is 20.1. The first-order chi connectivity index (χ1) is 37.4. The molecule has 8 aliphatic carbocycles. The highest BCUT2D eigenvalue weighted by molar-refractivity contribution is 5.71. The maximum absolute atomic E-state index is 11.6. The zero-order chi connectivity index (χ0) is 54.4. The summed E-state index contributed by atoms with van der Waals surface area (Å²) in [5.41, 5.74) is 5.73. The van der Waals surface area contributed by atoms with E-state index in [9.17, 15) is 9.59 Å². The lowest BCUT2D eigenvalue weighted by Crippen LogP contribution is -2.21. The van der Waals surface area contributed by atoms with Crippen LogP contribution in [0.4, 0.5) is 0 Å². The maximum Gasteiger partial charge on any atom is 0.307 e. The zero-order valence-electron chi connectivity index (χ0n) is 48.1. The number of esters is 1. The molecule has 2 aromatic carbocycles. The van der Waals surface area contributed by atoms with E-state index in [0.717, 1.165) is 42.3 Å². The van der Waals surface area contributed by atoms with E-state index in [1.165, 1.54) is 205 Å². The van der Waals surface area contributed by atoms with E-state index in [2.05, 4.69) is 29.8 Å². The van der Waals surface area contributed by atoms with Crippen molar-refractivity contribution in [3.63, 3.8) is 0 Å². The van der Waals surface area contributed by atoms with Crippen LogP contribution in [0.2, 0.25) is 0 Å². The molecule has 2 aromatic rings. The minimum Gasteiger partial charge on any atom is -0.493 e. The Hall–Kier alpha value is -4.24. The van der Waals surface area contributed by atoms with Crippen molar-refractivity contribution in [2.75, 3.05) is 33.5 Å². The maximum atomic E-state index is 11.6. The number of aliphatic carboxylic acids is 1. The van der Waals surface area contributed by atoms with Crippen LogP contribution < -0.4 is 9.47 Å². The molecule has 10 rings (SSSR count). The molecule has 0 saturated heterocycles. The summed E-state index contributed by atoms with van der Waals surface area (Å²) in [4.78, 5) is 22.6. The molecule has 77 heavy (non-hydrogen) atoms. The lowest BCUT2D eigenvalue weighted by atomic mass is 9.72. The lowest BCUT2D eigenvalue weighted by molar-refractivity contribution is -0.141. The second-order valence-electron chi connectivity index (χ2n) is 25.6. The highest BCUT2D eigenvalue weighted by Crippen LogP contribution is 2.54. The molecular weight excluding hydrogens is 957 g/mol. The molecule has 0 bridgehead atoms. The van der Waals surface area contributed by atoms with Gasteiger partial charge in [0.05, 0.1) is 51.6 Å². The number of hydrogen-bond acceptors (Lipinski definition) is 7. The minimum atomic E-state index is -0.823. The lowest BCUT2D eigenvalue weighted by Gasteiger charge is -2.33. The normalized spacial score (nSPS) is 24.9. The Morgan fingerprint density at radius 1 is 0.545 bits per heavy atom. The van der Waals surface area contributed by atoms with E-state index in [1.807, 2.05) is 48.5 Å². The van der Waals surface area contributed by atoms with Crippen molar-refractivity contribution in [1.29, 1.82) is 0 Å². The fourth-order valence-corrected chi connectivity index (χ4v) is 15.7. The van der Waals surface area contributed by atoms with Crippen LogP contribution in [0, 0.1) is 63.1 Å². The molecule has 8 heteroatoms. The summed E-state index contributed by atoms with van der Waals surface area (Å²) < 4.78 is 16.9.